The second kappa shape index (κ2) is 10.3. The third-order valence-corrected chi connectivity index (χ3v) is 10.4. The van der Waals surface area contributed by atoms with Crippen molar-refractivity contribution >= 4 is 61.1 Å². The van der Waals surface area contributed by atoms with Gasteiger partial charge in [0, 0.05) is 33.5 Å². The van der Waals surface area contributed by atoms with Crippen LogP contribution >= 0.6 is 11.3 Å². The van der Waals surface area contributed by atoms with Crippen LogP contribution in [0.5, 0.6) is 0 Å². The zero-order valence-corrected chi connectivity index (χ0v) is 26.0. The van der Waals surface area contributed by atoms with Crippen LogP contribution in [-0.4, -0.2) is 4.98 Å². The Labute approximate surface area is 275 Å². The summed E-state index contributed by atoms with van der Waals surface area (Å²) in [5.74, 6) is 0. The maximum Gasteiger partial charge on any atom is 0.137 e. The summed E-state index contributed by atoms with van der Waals surface area (Å²) in [6, 6.07) is 55.9. The molecule has 0 bridgehead atoms. The molecule has 7 aromatic carbocycles. The number of aromatic nitrogens is 1. The zero-order chi connectivity index (χ0) is 30.9. The molecule has 47 heavy (non-hydrogen) atoms. The first-order valence-electron chi connectivity index (χ1n) is 15.8. The Balaban J connectivity index is 1.09. The smallest absolute Gasteiger partial charge is 0.137 e. The van der Waals surface area contributed by atoms with Crippen molar-refractivity contribution in [2.75, 3.05) is 4.90 Å². The van der Waals surface area contributed by atoms with E-state index in [-0.39, 0.29) is 0 Å². The van der Waals surface area contributed by atoms with E-state index in [9.17, 15) is 0 Å². The number of furan rings is 1. The van der Waals surface area contributed by atoms with Crippen LogP contribution in [0.15, 0.2) is 162 Å². The number of thiazole rings is 1. The Morgan fingerprint density at radius 1 is 0.489 bits per heavy atom. The maximum absolute atomic E-state index is 6.31. The highest BCUT2D eigenvalue weighted by atomic mass is 32.1. The van der Waals surface area contributed by atoms with Crippen LogP contribution in [0.4, 0.5) is 17.1 Å². The van der Waals surface area contributed by atoms with E-state index in [1.165, 1.54) is 37.9 Å². The summed E-state index contributed by atoms with van der Waals surface area (Å²) >= 11 is 1.78. The minimum Gasteiger partial charge on any atom is -0.456 e. The van der Waals surface area contributed by atoms with Gasteiger partial charge in [-0.25, -0.2) is 4.98 Å². The molecule has 0 saturated carbocycles. The second-order valence-electron chi connectivity index (χ2n) is 11.9. The van der Waals surface area contributed by atoms with Gasteiger partial charge < -0.3 is 9.32 Å². The van der Waals surface area contributed by atoms with Gasteiger partial charge >= 0.3 is 0 Å². The van der Waals surface area contributed by atoms with Crippen LogP contribution in [0.1, 0.15) is 0 Å². The Hall–Kier alpha value is -5.97. The highest BCUT2D eigenvalue weighted by molar-refractivity contribution is 7.19. The van der Waals surface area contributed by atoms with Gasteiger partial charge in [-0.2, -0.15) is 0 Å². The number of fused-ring (bicyclic) bond motifs is 6. The molecule has 0 N–H and O–H groups in total. The number of hydrogen-bond acceptors (Lipinski definition) is 4. The van der Waals surface area contributed by atoms with Crippen LogP contribution in [0.2, 0.25) is 0 Å². The van der Waals surface area contributed by atoms with E-state index in [0.717, 1.165) is 55.3 Å². The summed E-state index contributed by atoms with van der Waals surface area (Å²) in [5, 5.41) is 5.83. The predicted octanol–water partition coefficient (Wildman–Crippen LogP) is 12.6. The predicted molar refractivity (Wildman–Crippen MR) is 197 cm³/mol. The van der Waals surface area contributed by atoms with Crippen LogP contribution in [0.3, 0.4) is 0 Å². The Bertz CT molecular complexity index is 2560. The van der Waals surface area contributed by atoms with Crippen molar-refractivity contribution in [3.05, 3.63) is 158 Å². The normalized spacial score (nSPS) is 11.8. The molecule has 2 aromatic heterocycles. The Kier molecular flexibility index (Phi) is 5.74. The average Bonchev–Trinajstić information content (AvgIpc) is 3.83. The number of anilines is 3. The van der Waals surface area contributed by atoms with Crippen molar-refractivity contribution in [1.29, 1.82) is 0 Å². The fraction of sp³-hybridized carbons (Fsp3) is 0. The Morgan fingerprint density at radius 3 is 1.91 bits per heavy atom. The lowest BCUT2D eigenvalue weighted by molar-refractivity contribution is 0.669. The van der Waals surface area contributed by atoms with Gasteiger partial charge in [0.1, 0.15) is 16.2 Å². The van der Waals surface area contributed by atoms with Crippen LogP contribution in [0.25, 0.3) is 76.1 Å². The van der Waals surface area contributed by atoms with E-state index in [1.807, 2.05) is 12.1 Å². The first-order chi connectivity index (χ1) is 23.3. The fourth-order valence-electron chi connectivity index (χ4n) is 7.09. The SMILES string of the molecule is c1ccc(-c2ccc(N(c3ccc(-c4nc5c(s4)-c4cccc6cccc-5c46)cc3)c3cccc4oc5ccccc5c34)cc2)cc1. The standard InChI is InChI=1S/C43H26N2OS/c1-2-9-27(10-3-1)28-19-23-31(24-20-28)45(36-16-8-18-38-40(36)33-13-4-5-17-37(33)46-38)32-25-21-30(22-26-32)43-44-41-34-14-6-11-29-12-7-15-35(39(29)34)42(41)47-43/h1-26H. The number of benzene rings is 7. The van der Waals surface area contributed by atoms with Gasteiger partial charge in [-0.05, 0) is 76.5 Å². The highest BCUT2D eigenvalue weighted by Gasteiger charge is 2.26. The van der Waals surface area contributed by atoms with Gasteiger partial charge in [0.15, 0.2) is 0 Å². The molecule has 0 aliphatic heterocycles. The first-order valence-corrected chi connectivity index (χ1v) is 16.6. The molecule has 9 aromatic rings. The topological polar surface area (TPSA) is 29.3 Å². The summed E-state index contributed by atoms with van der Waals surface area (Å²) in [6.45, 7) is 0. The second-order valence-corrected chi connectivity index (χ2v) is 12.9. The van der Waals surface area contributed by atoms with E-state index in [2.05, 4.69) is 150 Å². The van der Waals surface area contributed by atoms with Crippen molar-refractivity contribution in [2.45, 2.75) is 0 Å². The summed E-state index contributed by atoms with van der Waals surface area (Å²) in [6.07, 6.45) is 0. The molecule has 2 heterocycles. The van der Waals surface area contributed by atoms with Gasteiger partial charge in [-0.3, -0.25) is 0 Å². The van der Waals surface area contributed by atoms with Gasteiger partial charge in [0.05, 0.1) is 21.6 Å². The minimum absolute atomic E-state index is 0.874. The summed E-state index contributed by atoms with van der Waals surface area (Å²) in [5.41, 5.74) is 12.1. The molecule has 0 fully saturated rings. The molecular weight excluding hydrogens is 593 g/mol. The molecule has 0 radical (unpaired) electrons. The van der Waals surface area contributed by atoms with Gasteiger partial charge in [-0.15, -0.1) is 11.3 Å². The summed E-state index contributed by atoms with van der Waals surface area (Å²) < 4.78 is 6.31. The molecule has 4 heteroatoms. The molecule has 1 aliphatic rings. The fourth-order valence-corrected chi connectivity index (χ4v) is 8.21. The third-order valence-electron chi connectivity index (χ3n) is 9.26. The molecule has 0 saturated heterocycles. The molecule has 0 atom stereocenters. The van der Waals surface area contributed by atoms with Gasteiger partial charge in [0.25, 0.3) is 0 Å². The monoisotopic (exact) mass is 618 g/mol. The number of rotatable bonds is 5. The quantitative estimate of drug-likeness (QED) is 0.192. The Morgan fingerprint density at radius 2 is 1.13 bits per heavy atom. The zero-order valence-electron chi connectivity index (χ0n) is 25.2. The third kappa shape index (κ3) is 4.09. The molecule has 0 unspecified atom stereocenters. The van der Waals surface area contributed by atoms with Crippen LogP contribution in [0, 0.1) is 0 Å². The van der Waals surface area contributed by atoms with Crippen LogP contribution in [-0.2, 0) is 0 Å². The van der Waals surface area contributed by atoms with E-state index < -0.39 is 0 Å². The van der Waals surface area contributed by atoms with Gasteiger partial charge in [-0.1, -0.05) is 103 Å². The molecule has 220 valence electrons. The molecular formula is C43H26N2OS. The largest absolute Gasteiger partial charge is 0.456 e. The molecule has 10 rings (SSSR count). The minimum atomic E-state index is 0.874. The number of nitrogens with zero attached hydrogens (tertiary/aromatic N) is 2. The lowest BCUT2D eigenvalue weighted by atomic mass is 10.0. The van der Waals surface area contributed by atoms with Crippen molar-refractivity contribution in [3.63, 3.8) is 0 Å². The average molecular weight is 619 g/mol. The lowest BCUT2D eigenvalue weighted by Crippen LogP contribution is -2.10. The van der Waals surface area contributed by atoms with Crippen molar-refractivity contribution in [1.82, 2.24) is 4.98 Å². The lowest BCUT2D eigenvalue weighted by Gasteiger charge is -2.26. The van der Waals surface area contributed by atoms with E-state index in [0.29, 0.717) is 0 Å². The molecule has 3 nitrogen and oxygen atoms in total. The summed E-state index contributed by atoms with van der Waals surface area (Å²) in [7, 11) is 0. The number of para-hydroxylation sites is 1. The van der Waals surface area contributed by atoms with Gasteiger partial charge in [0.2, 0.25) is 0 Å². The van der Waals surface area contributed by atoms with Crippen molar-refractivity contribution in [2.24, 2.45) is 0 Å². The van der Waals surface area contributed by atoms with E-state index in [4.69, 9.17) is 9.40 Å². The summed E-state index contributed by atoms with van der Waals surface area (Å²) in [4.78, 5) is 8.78. The molecule has 1 aliphatic carbocycles. The maximum atomic E-state index is 6.31. The van der Waals surface area contributed by atoms with Crippen LogP contribution < -0.4 is 4.90 Å². The molecule has 0 amide bonds. The first kappa shape index (κ1) is 26.3. The highest BCUT2D eigenvalue weighted by Crippen LogP contribution is 2.51. The van der Waals surface area contributed by atoms with E-state index >= 15 is 0 Å². The van der Waals surface area contributed by atoms with E-state index in [1.54, 1.807) is 11.3 Å². The van der Waals surface area contributed by atoms with Crippen molar-refractivity contribution in [3.8, 4) is 43.4 Å². The van der Waals surface area contributed by atoms with Crippen molar-refractivity contribution < 1.29 is 4.42 Å². The molecule has 0 spiro atoms. The number of hydrogen-bond donors (Lipinski definition) is 0.